The van der Waals surface area contributed by atoms with Gasteiger partial charge >= 0.3 is 0 Å². The van der Waals surface area contributed by atoms with Gasteiger partial charge in [-0.15, -0.1) is 0 Å². The molecule has 1 N–H and O–H groups in total. The molecule has 6 nitrogen and oxygen atoms in total. The number of aromatic nitrogens is 1. The fourth-order valence-corrected chi connectivity index (χ4v) is 5.25. The molecule has 6 heteroatoms. The quantitative estimate of drug-likeness (QED) is 0.643. The van der Waals surface area contributed by atoms with Crippen molar-refractivity contribution < 1.29 is 14.0 Å². The van der Waals surface area contributed by atoms with Gasteiger partial charge in [0.2, 0.25) is 5.91 Å². The zero-order valence-electron chi connectivity index (χ0n) is 18.9. The number of rotatable bonds is 4. The highest BCUT2D eigenvalue weighted by molar-refractivity contribution is 6.12. The molecule has 1 fully saturated rings. The first-order chi connectivity index (χ1) is 15.4. The van der Waals surface area contributed by atoms with Crippen LogP contribution in [0.2, 0.25) is 0 Å². The van der Waals surface area contributed by atoms with Crippen LogP contribution in [0.4, 0.5) is 5.69 Å². The fourth-order valence-electron chi connectivity index (χ4n) is 5.25. The summed E-state index contributed by atoms with van der Waals surface area (Å²) in [7, 11) is 0. The van der Waals surface area contributed by atoms with Crippen LogP contribution in [0.3, 0.4) is 0 Å². The Balaban J connectivity index is 1.63. The summed E-state index contributed by atoms with van der Waals surface area (Å²) in [5.74, 6) is 0.396. The summed E-state index contributed by atoms with van der Waals surface area (Å²) in [4.78, 5) is 29.3. The van der Waals surface area contributed by atoms with Crippen LogP contribution >= 0.6 is 0 Å². The maximum absolute atomic E-state index is 13.9. The maximum atomic E-state index is 13.9. The molecule has 1 atom stereocenters. The minimum Gasteiger partial charge on any atom is -0.463 e. The normalized spacial score (nSPS) is 21.1. The lowest BCUT2D eigenvalue weighted by Crippen LogP contribution is -2.65. The summed E-state index contributed by atoms with van der Waals surface area (Å²) in [6.07, 6.45) is 5.86. The number of aryl methyl sites for hydroxylation is 2. The molecule has 2 amide bonds. The van der Waals surface area contributed by atoms with Crippen molar-refractivity contribution in [2.75, 3.05) is 4.90 Å². The second kappa shape index (κ2) is 7.69. The van der Waals surface area contributed by atoms with Crippen LogP contribution in [0.25, 0.3) is 11.5 Å². The predicted octanol–water partition coefficient (Wildman–Crippen LogP) is 4.84. The Kier molecular flexibility index (Phi) is 4.96. The molecule has 1 aromatic carbocycles. The van der Waals surface area contributed by atoms with Gasteiger partial charge in [-0.3, -0.25) is 14.5 Å². The fraction of sp³-hybridized carbons (Fsp3) is 0.385. The average molecular weight is 432 g/mol. The molecule has 1 saturated carbocycles. The monoisotopic (exact) mass is 431 g/mol. The van der Waals surface area contributed by atoms with E-state index in [0.717, 1.165) is 48.2 Å². The van der Waals surface area contributed by atoms with Crippen LogP contribution in [0.1, 0.15) is 54.2 Å². The van der Waals surface area contributed by atoms with Crippen LogP contribution in [0.15, 0.2) is 53.1 Å². The van der Waals surface area contributed by atoms with Gasteiger partial charge in [0.15, 0.2) is 0 Å². The third-order valence-corrected chi connectivity index (χ3v) is 6.78. The van der Waals surface area contributed by atoms with Crippen molar-refractivity contribution in [3.05, 3.63) is 65.5 Å². The molecule has 3 heterocycles. The highest BCUT2D eigenvalue weighted by Crippen LogP contribution is 2.37. The van der Waals surface area contributed by atoms with E-state index in [1.807, 2.05) is 61.7 Å². The first-order valence-electron chi connectivity index (χ1n) is 11.3. The van der Waals surface area contributed by atoms with Gasteiger partial charge in [0, 0.05) is 11.7 Å². The molecule has 2 aromatic heterocycles. The molecule has 32 heavy (non-hydrogen) atoms. The van der Waals surface area contributed by atoms with Crippen LogP contribution in [-0.2, 0) is 11.3 Å². The molecule has 0 radical (unpaired) electrons. The van der Waals surface area contributed by atoms with Gasteiger partial charge in [-0.05, 0) is 81.1 Å². The van der Waals surface area contributed by atoms with Crippen molar-refractivity contribution in [2.24, 2.45) is 0 Å². The topological polar surface area (TPSA) is 67.5 Å². The third-order valence-electron chi connectivity index (χ3n) is 6.78. The molecule has 0 spiro atoms. The number of carbonyl (C=O) groups is 2. The summed E-state index contributed by atoms with van der Waals surface area (Å²) >= 11 is 0. The highest BCUT2D eigenvalue weighted by Gasteiger charge is 2.49. The molecule has 1 aliphatic heterocycles. The summed E-state index contributed by atoms with van der Waals surface area (Å²) < 4.78 is 7.54. The van der Waals surface area contributed by atoms with Gasteiger partial charge in [0.25, 0.3) is 5.91 Å². The second-order valence-corrected chi connectivity index (χ2v) is 9.38. The Bertz CT molecular complexity index is 1150. The Hall–Kier alpha value is -3.28. The molecular formula is C26H29N3O3. The maximum Gasteiger partial charge on any atom is 0.275 e. The number of amides is 2. The van der Waals surface area contributed by atoms with E-state index in [-0.39, 0.29) is 17.9 Å². The number of furan rings is 1. The van der Waals surface area contributed by atoms with Crippen molar-refractivity contribution >= 4 is 17.5 Å². The van der Waals surface area contributed by atoms with E-state index in [9.17, 15) is 9.59 Å². The standard InChI is InChI=1S/C26H29N3O3/c1-17-13-18(2)15-20(14-17)29-24(30)22-11-10-21(23-9-6-12-32-23)28(22)16-26(29,3)25(31)27-19-7-4-5-8-19/h6,9-15,19H,4-5,7-8,16H2,1-3H3,(H,27,31)/t26-/m0/s1. The minimum absolute atomic E-state index is 0.110. The first kappa shape index (κ1) is 20.6. The zero-order valence-corrected chi connectivity index (χ0v) is 18.9. The lowest BCUT2D eigenvalue weighted by molar-refractivity contribution is -0.127. The molecule has 166 valence electrons. The Morgan fingerprint density at radius 3 is 2.41 bits per heavy atom. The summed E-state index contributed by atoms with van der Waals surface area (Å²) in [6, 6.07) is 13.6. The Labute approximate surface area is 188 Å². The molecular weight excluding hydrogens is 402 g/mol. The Morgan fingerprint density at radius 1 is 1.06 bits per heavy atom. The predicted molar refractivity (Wildman–Crippen MR) is 124 cm³/mol. The van der Waals surface area contributed by atoms with Gasteiger partial charge in [-0.1, -0.05) is 18.9 Å². The van der Waals surface area contributed by atoms with E-state index in [1.165, 1.54) is 0 Å². The van der Waals surface area contributed by atoms with E-state index >= 15 is 0 Å². The van der Waals surface area contributed by atoms with E-state index in [4.69, 9.17) is 4.42 Å². The van der Waals surface area contributed by atoms with Gasteiger partial charge in [-0.25, -0.2) is 0 Å². The number of nitrogens with one attached hydrogen (secondary N) is 1. The number of fused-ring (bicyclic) bond motifs is 1. The van der Waals surface area contributed by atoms with E-state index in [2.05, 4.69) is 11.4 Å². The van der Waals surface area contributed by atoms with Gasteiger partial charge in [-0.2, -0.15) is 0 Å². The molecule has 1 aliphatic carbocycles. The largest absolute Gasteiger partial charge is 0.463 e. The summed E-state index contributed by atoms with van der Waals surface area (Å²) in [5, 5.41) is 3.25. The molecule has 0 unspecified atom stereocenters. The highest BCUT2D eigenvalue weighted by atomic mass is 16.3. The molecule has 0 saturated heterocycles. The Morgan fingerprint density at radius 2 is 1.75 bits per heavy atom. The van der Waals surface area contributed by atoms with Gasteiger partial charge in [0.1, 0.15) is 17.0 Å². The van der Waals surface area contributed by atoms with E-state index in [0.29, 0.717) is 18.0 Å². The van der Waals surface area contributed by atoms with Crippen molar-refractivity contribution in [1.29, 1.82) is 0 Å². The van der Waals surface area contributed by atoms with E-state index < -0.39 is 5.54 Å². The smallest absolute Gasteiger partial charge is 0.275 e. The van der Waals surface area contributed by atoms with Crippen molar-refractivity contribution in [3.63, 3.8) is 0 Å². The average Bonchev–Trinajstić information content (AvgIpc) is 3.49. The second-order valence-electron chi connectivity index (χ2n) is 9.38. The molecule has 3 aromatic rings. The number of benzene rings is 1. The number of hydrogen-bond acceptors (Lipinski definition) is 3. The minimum atomic E-state index is -1.08. The van der Waals surface area contributed by atoms with Crippen LogP contribution in [0.5, 0.6) is 0 Å². The van der Waals surface area contributed by atoms with Gasteiger partial charge < -0.3 is 14.3 Å². The number of carbonyl (C=O) groups excluding carboxylic acids is 2. The van der Waals surface area contributed by atoms with Crippen molar-refractivity contribution in [1.82, 2.24) is 9.88 Å². The molecule has 0 bridgehead atoms. The van der Waals surface area contributed by atoms with Crippen LogP contribution in [0, 0.1) is 13.8 Å². The van der Waals surface area contributed by atoms with Crippen LogP contribution in [-0.4, -0.2) is 28.0 Å². The van der Waals surface area contributed by atoms with Crippen LogP contribution < -0.4 is 10.2 Å². The first-order valence-corrected chi connectivity index (χ1v) is 11.3. The number of hydrogen-bond donors (Lipinski definition) is 1. The lowest BCUT2D eigenvalue weighted by Gasteiger charge is -2.44. The number of anilines is 1. The zero-order chi connectivity index (χ0) is 22.5. The van der Waals surface area contributed by atoms with Gasteiger partial charge in [0.05, 0.1) is 18.5 Å². The molecule has 5 rings (SSSR count). The van der Waals surface area contributed by atoms with E-state index in [1.54, 1.807) is 11.2 Å². The molecule has 2 aliphatic rings. The summed E-state index contributed by atoms with van der Waals surface area (Å²) in [6.45, 7) is 6.25. The summed E-state index contributed by atoms with van der Waals surface area (Å²) in [5.41, 5.74) is 3.16. The van der Waals surface area contributed by atoms with Crippen molar-refractivity contribution in [2.45, 2.75) is 64.6 Å². The third kappa shape index (κ3) is 3.34. The number of nitrogens with zero attached hydrogens (tertiary/aromatic N) is 2. The van der Waals surface area contributed by atoms with Crippen molar-refractivity contribution in [3.8, 4) is 11.5 Å². The SMILES string of the molecule is Cc1cc(C)cc(N2C(=O)c3ccc(-c4ccco4)n3C[C@@]2(C)C(=O)NC2CCCC2)c1. The lowest BCUT2D eigenvalue weighted by atomic mass is 9.92.